The number of benzene rings is 1. The van der Waals surface area contributed by atoms with Crippen molar-refractivity contribution in [2.45, 2.75) is 18.6 Å². The number of nitrogens with zero attached hydrogens (tertiary/aromatic N) is 1. The topological polar surface area (TPSA) is 24.5 Å². The van der Waals surface area contributed by atoms with Gasteiger partial charge in [0, 0.05) is 32.2 Å². The van der Waals surface area contributed by atoms with Gasteiger partial charge in [0.25, 0.3) is 0 Å². The SMILES string of the molecule is COc1cc([C@@H](CCF)N2CCNCC2)cc(C(F)(F)F)c1. The number of rotatable bonds is 5. The zero-order valence-electron chi connectivity index (χ0n) is 12.4. The molecule has 1 saturated heterocycles. The molecule has 1 aromatic rings. The predicted molar refractivity (Wildman–Crippen MR) is 75.8 cm³/mol. The van der Waals surface area contributed by atoms with Crippen LogP contribution in [0, 0.1) is 0 Å². The van der Waals surface area contributed by atoms with Gasteiger partial charge in [-0.25, -0.2) is 0 Å². The molecular weight excluding hydrogens is 300 g/mol. The van der Waals surface area contributed by atoms with Gasteiger partial charge in [0.1, 0.15) is 5.75 Å². The number of hydrogen-bond acceptors (Lipinski definition) is 3. The van der Waals surface area contributed by atoms with E-state index in [0.29, 0.717) is 18.7 Å². The summed E-state index contributed by atoms with van der Waals surface area (Å²) in [6, 6.07) is 3.26. The van der Waals surface area contributed by atoms with Gasteiger partial charge in [0.05, 0.1) is 19.3 Å². The van der Waals surface area contributed by atoms with E-state index in [0.717, 1.165) is 25.2 Å². The molecule has 0 radical (unpaired) electrons. The minimum absolute atomic E-state index is 0.142. The fraction of sp³-hybridized carbons (Fsp3) is 0.600. The molecule has 0 amide bonds. The van der Waals surface area contributed by atoms with Crippen LogP contribution in [0.1, 0.15) is 23.6 Å². The molecule has 0 bridgehead atoms. The van der Waals surface area contributed by atoms with Crippen LogP contribution in [0.3, 0.4) is 0 Å². The molecule has 1 aliphatic rings. The minimum atomic E-state index is -4.45. The van der Waals surface area contributed by atoms with Crippen LogP contribution in [0.2, 0.25) is 0 Å². The van der Waals surface area contributed by atoms with Crippen molar-refractivity contribution < 1.29 is 22.3 Å². The molecule has 1 aliphatic heterocycles. The molecule has 0 spiro atoms. The number of ether oxygens (including phenoxy) is 1. The van der Waals surface area contributed by atoms with E-state index in [1.165, 1.54) is 7.11 Å². The lowest BCUT2D eigenvalue weighted by Crippen LogP contribution is -2.45. The third kappa shape index (κ3) is 4.10. The first kappa shape index (κ1) is 17.0. The predicted octanol–water partition coefficient (Wildman–Crippen LogP) is 3.02. The van der Waals surface area contributed by atoms with Crippen molar-refractivity contribution >= 4 is 0 Å². The summed E-state index contributed by atoms with van der Waals surface area (Å²) in [4.78, 5) is 2.02. The summed E-state index contributed by atoms with van der Waals surface area (Å²) in [5, 5.41) is 3.18. The van der Waals surface area contributed by atoms with Crippen molar-refractivity contribution in [3.8, 4) is 5.75 Å². The molecule has 124 valence electrons. The average molecular weight is 320 g/mol. The van der Waals surface area contributed by atoms with Gasteiger partial charge in [0.15, 0.2) is 0 Å². The molecule has 7 heteroatoms. The fourth-order valence-corrected chi connectivity index (χ4v) is 2.75. The highest BCUT2D eigenvalue weighted by Gasteiger charge is 2.33. The van der Waals surface area contributed by atoms with Gasteiger partial charge in [0.2, 0.25) is 0 Å². The van der Waals surface area contributed by atoms with Crippen LogP contribution in [-0.4, -0.2) is 44.9 Å². The maximum absolute atomic E-state index is 13.0. The average Bonchev–Trinajstić information content (AvgIpc) is 2.52. The smallest absolute Gasteiger partial charge is 0.416 e. The first-order chi connectivity index (χ1) is 10.5. The highest BCUT2D eigenvalue weighted by Crippen LogP contribution is 2.36. The summed E-state index contributed by atoms with van der Waals surface area (Å²) in [5.41, 5.74) is -0.313. The molecule has 1 aromatic carbocycles. The lowest BCUT2D eigenvalue weighted by molar-refractivity contribution is -0.137. The van der Waals surface area contributed by atoms with Gasteiger partial charge >= 0.3 is 6.18 Å². The van der Waals surface area contributed by atoms with Crippen LogP contribution in [0.25, 0.3) is 0 Å². The van der Waals surface area contributed by atoms with E-state index < -0.39 is 18.4 Å². The van der Waals surface area contributed by atoms with E-state index >= 15 is 0 Å². The van der Waals surface area contributed by atoms with Crippen molar-refractivity contribution in [2.75, 3.05) is 40.0 Å². The molecule has 0 unspecified atom stereocenters. The zero-order chi connectivity index (χ0) is 16.2. The molecule has 3 nitrogen and oxygen atoms in total. The second-order valence-electron chi connectivity index (χ2n) is 5.27. The summed E-state index contributed by atoms with van der Waals surface area (Å²) >= 11 is 0. The number of halogens is 4. The zero-order valence-corrected chi connectivity index (χ0v) is 12.4. The van der Waals surface area contributed by atoms with Gasteiger partial charge in [-0.15, -0.1) is 0 Å². The van der Waals surface area contributed by atoms with E-state index in [2.05, 4.69) is 5.32 Å². The fourth-order valence-electron chi connectivity index (χ4n) is 2.75. The molecule has 2 rings (SSSR count). The molecule has 1 heterocycles. The van der Waals surface area contributed by atoms with Gasteiger partial charge in [-0.3, -0.25) is 9.29 Å². The van der Waals surface area contributed by atoms with Crippen LogP contribution in [0.15, 0.2) is 18.2 Å². The summed E-state index contributed by atoms with van der Waals surface area (Å²) in [7, 11) is 1.33. The molecule has 0 aliphatic carbocycles. The highest BCUT2D eigenvalue weighted by atomic mass is 19.4. The van der Waals surface area contributed by atoms with Crippen molar-refractivity contribution in [3.05, 3.63) is 29.3 Å². The molecular formula is C15H20F4N2O. The van der Waals surface area contributed by atoms with E-state index in [-0.39, 0.29) is 18.2 Å². The van der Waals surface area contributed by atoms with Crippen LogP contribution in [-0.2, 0) is 6.18 Å². The Hall–Kier alpha value is -1.34. The Kier molecular flexibility index (Phi) is 5.63. The van der Waals surface area contributed by atoms with Crippen LogP contribution in [0.4, 0.5) is 17.6 Å². The van der Waals surface area contributed by atoms with Crippen LogP contribution < -0.4 is 10.1 Å². The van der Waals surface area contributed by atoms with Crippen molar-refractivity contribution in [1.82, 2.24) is 10.2 Å². The maximum atomic E-state index is 13.0. The Balaban J connectivity index is 2.36. The third-order valence-electron chi connectivity index (χ3n) is 3.85. The lowest BCUT2D eigenvalue weighted by Gasteiger charge is -2.35. The normalized spacial score (nSPS) is 18.2. The summed E-state index contributed by atoms with van der Waals surface area (Å²) in [6.07, 6.45) is -4.28. The van der Waals surface area contributed by atoms with Gasteiger partial charge in [-0.1, -0.05) is 0 Å². The van der Waals surface area contributed by atoms with E-state index in [1.54, 1.807) is 6.07 Å². The Labute approximate surface area is 127 Å². The second kappa shape index (κ2) is 7.28. The second-order valence-corrected chi connectivity index (χ2v) is 5.27. The maximum Gasteiger partial charge on any atom is 0.416 e. The van der Waals surface area contributed by atoms with Crippen LogP contribution >= 0.6 is 0 Å². The first-order valence-electron chi connectivity index (χ1n) is 7.22. The molecule has 0 saturated carbocycles. The Morgan fingerprint density at radius 2 is 1.91 bits per heavy atom. The van der Waals surface area contributed by atoms with Crippen LogP contribution in [0.5, 0.6) is 5.75 Å². The molecule has 0 aromatic heterocycles. The number of nitrogens with one attached hydrogen (secondary N) is 1. The Bertz CT molecular complexity index is 487. The van der Waals surface area contributed by atoms with E-state index in [1.807, 2.05) is 4.90 Å². The number of methoxy groups -OCH3 is 1. The quantitative estimate of drug-likeness (QED) is 0.844. The summed E-state index contributed by atoms with van der Waals surface area (Å²) < 4.78 is 57.0. The van der Waals surface area contributed by atoms with Gasteiger partial charge in [-0.05, 0) is 30.2 Å². The van der Waals surface area contributed by atoms with Gasteiger partial charge < -0.3 is 10.1 Å². The van der Waals surface area contributed by atoms with Gasteiger partial charge in [-0.2, -0.15) is 13.2 Å². The molecule has 1 atom stereocenters. The minimum Gasteiger partial charge on any atom is -0.497 e. The standard InChI is InChI=1S/C15H20F4N2O/c1-22-13-9-11(8-12(10-13)15(17,18)19)14(2-3-16)21-6-4-20-5-7-21/h8-10,14,20H,2-7H2,1H3/t14-/m1/s1. The molecule has 1 N–H and O–H groups in total. The largest absolute Gasteiger partial charge is 0.497 e. The summed E-state index contributed by atoms with van der Waals surface area (Å²) in [5.74, 6) is 0.142. The highest BCUT2D eigenvalue weighted by molar-refractivity contribution is 5.37. The van der Waals surface area contributed by atoms with E-state index in [9.17, 15) is 17.6 Å². The number of hydrogen-bond donors (Lipinski definition) is 1. The third-order valence-corrected chi connectivity index (χ3v) is 3.85. The van der Waals surface area contributed by atoms with Crippen molar-refractivity contribution in [1.29, 1.82) is 0 Å². The summed E-state index contributed by atoms with van der Waals surface area (Å²) in [6.45, 7) is 2.29. The molecule has 22 heavy (non-hydrogen) atoms. The molecule has 1 fully saturated rings. The Morgan fingerprint density at radius 3 is 2.45 bits per heavy atom. The first-order valence-corrected chi connectivity index (χ1v) is 7.22. The van der Waals surface area contributed by atoms with Crippen molar-refractivity contribution in [2.24, 2.45) is 0 Å². The van der Waals surface area contributed by atoms with E-state index in [4.69, 9.17) is 4.74 Å². The lowest BCUT2D eigenvalue weighted by atomic mass is 9.98. The number of piperazine rings is 1. The van der Waals surface area contributed by atoms with Crippen molar-refractivity contribution in [3.63, 3.8) is 0 Å². The monoisotopic (exact) mass is 320 g/mol. The number of alkyl halides is 4. The Morgan fingerprint density at radius 1 is 1.23 bits per heavy atom.